The van der Waals surface area contributed by atoms with E-state index < -0.39 is 0 Å². The van der Waals surface area contributed by atoms with Crippen molar-refractivity contribution in [3.8, 4) is 0 Å². The summed E-state index contributed by atoms with van der Waals surface area (Å²) in [6.07, 6.45) is 9.72. The van der Waals surface area contributed by atoms with E-state index in [0.29, 0.717) is 0 Å². The lowest BCUT2D eigenvalue weighted by Crippen LogP contribution is -1.87. The molecule has 0 bridgehead atoms. The third-order valence-corrected chi connectivity index (χ3v) is 1.94. The van der Waals surface area contributed by atoms with Gasteiger partial charge in [0.25, 0.3) is 0 Å². The van der Waals surface area contributed by atoms with E-state index in [1.54, 1.807) is 6.08 Å². The predicted octanol–water partition coefficient (Wildman–Crippen LogP) is 4.20. The molecule has 13 heavy (non-hydrogen) atoms. The first kappa shape index (κ1) is 11.7. The lowest BCUT2D eigenvalue weighted by Gasteiger charge is -2.06. The maximum atomic E-state index is 3.70. The fourth-order valence-corrected chi connectivity index (χ4v) is 1.11. The van der Waals surface area contributed by atoms with E-state index in [2.05, 4.69) is 33.1 Å². The largest absolute Gasteiger partial charge is 0.0991 e. The van der Waals surface area contributed by atoms with Crippen LogP contribution in [0.1, 0.15) is 20.8 Å². The summed E-state index contributed by atoms with van der Waals surface area (Å²) < 4.78 is 0. The van der Waals surface area contributed by atoms with Gasteiger partial charge in [0.2, 0.25) is 0 Å². The fraction of sp³-hybridized carbons (Fsp3) is 0.231. The van der Waals surface area contributed by atoms with E-state index in [0.717, 1.165) is 0 Å². The zero-order valence-electron chi connectivity index (χ0n) is 8.80. The number of rotatable bonds is 4. The van der Waals surface area contributed by atoms with Crippen LogP contribution in [0.4, 0.5) is 0 Å². The average Bonchev–Trinajstić information content (AvgIpc) is 2.13. The van der Waals surface area contributed by atoms with Crippen LogP contribution >= 0.6 is 0 Å². The standard InChI is InChI=1S/C13H18/c1-6-9-12(5)13(10-7-2)11(4)8-3/h6-10H,1-2H2,3-5H3/b11-8-,12-9-,13-10-. The van der Waals surface area contributed by atoms with Crippen LogP contribution in [0.5, 0.6) is 0 Å². The van der Waals surface area contributed by atoms with Gasteiger partial charge in [0.05, 0.1) is 0 Å². The second kappa shape index (κ2) is 6.24. The first-order valence-corrected chi connectivity index (χ1v) is 4.43. The summed E-state index contributed by atoms with van der Waals surface area (Å²) in [5, 5.41) is 0. The fourth-order valence-electron chi connectivity index (χ4n) is 1.11. The topological polar surface area (TPSA) is 0 Å². The molecular weight excluding hydrogens is 156 g/mol. The molecule has 0 aliphatic heterocycles. The quantitative estimate of drug-likeness (QED) is 0.560. The minimum atomic E-state index is 1.21. The van der Waals surface area contributed by atoms with Gasteiger partial charge in [-0.3, -0.25) is 0 Å². The molecule has 0 saturated heterocycles. The Labute approximate surface area is 81.7 Å². The van der Waals surface area contributed by atoms with Crippen LogP contribution in [0, 0.1) is 0 Å². The maximum Gasteiger partial charge on any atom is -0.0202 e. The summed E-state index contributed by atoms with van der Waals surface area (Å²) in [5.41, 5.74) is 3.69. The predicted molar refractivity (Wildman–Crippen MR) is 61.7 cm³/mol. The van der Waals surface area contributed by atoms with Crippen LogP contribution in [0.15, 0.2) is 60.3 Å². The van der Waals surface area contributed by atoms with E-state index >= 15 is 0 Å². The van der Waals surface area contributed by atoms with Crippen LogP contribution in [0.25, 0.3) is 0 Å². The second-order valence-electron chi connectivity index (χ2n) is 2.87. The molecule has 0 aliphatic carbocycles. The molecule has 0 unspecified atom stereocenters. The molecule has 0 heterocycles. The smallest absolute Gasteiger partial charge is 0.0202 e. The minimum Gasteiger partial charge on any atom is -0.0991 e. The Hall–Kier alpha value is -1.30. The third kappa shape index (κ3) is 3.75. The van der Waals surface area contributed by atoms with Crippen LogP contribution < -0.4 is 0 Å². The Bertz CT molecular complexity index is 272. The normalized spacial score (nSPS) is 14.2. The summed E-state index contributed by atoms with van der Waals surface area (Å²) in [5.74, 6) is 0. The van der Waals surface area contributed by atoms with Crippen molar-refractivity contribution in [2.75, 3.05) is 0 Å². The van der Waals surface area contributed by atoms with Gasteiger partial charge in [-0.05, 0) is 37.5 Å². The van der Waals surface area contributed by atoms with Crippen LogP contribution in [-0.4, -0.2) is 0 Å². The minimum absolute atomic E-state index is 1.21. The van der Waals surface area contributed by atoms with Gasteiger partial charge in [-0.15, -0.1) is 0 Å². The second-order valence-corrected chi connectivity index (χ2v) is 2.87. The molecule has 0 aliphatic rings. The molecule has 0 aromatic rings. The van der Waals surface area contributed by atoms with Gasteiger partial charge in [0.15, 0.2) is 0 Å². The highest BCUT2D eigenvalue weighted by Crippen LogP contribution is 2.18. The average molecular weight is 174 g/mol. The van der Waals surface area contributed by atoms with Gasteiger partial charge in [0, 0.05) is 0 Å². The number of hydrogen-bond acceptors (Lipinski definition) is 0. The Balaban J connectivity index is 5.04. The van der Waals surface area contributed by atoms with Crippen molar-refractivity contribution in [2.24, 2.45) is 0 Å². The van der Waals surface area contributed by atoms with Gasteiger partial charge in [-0.25, -0.2) is 0 Å². The molecule has 0 heteroatoms. The third-order valence-electron chi connectivity index (χ3n) is 1.94. The van der Waals surface area contributed by atoms with Gasteiger partial charge in [-0.2, -0.15) is 0 Å². The molecule has 0 atom stereocenters. The lowest BCUT2D eigenvalue weighted by atomic mass is 9.99. The van der Waals surface area contributed by atoms with Crippen molar-refractivity contribution >= 4 is 0 Å². The highest BCUT2D eigenvalue weighted by Gasteiger charge is 1.99. The van der Waals surface area contributed by atoms with Crippen molar-refractivity contribution in [2.45, 2.75) is 20.8 Å². The zero-order valence-corrected chi connectivity index (χ0v) is 8.80. The summed E-state index contributed by atoms with van der Waals surface area (Å²) in [6.45, 7) is 13.6. The van der Waals surface area contributed by atoms with E-state index in [-0.39, 0.29) is 0 Å². The Morgan fingerprint density at radius 2 is 1.46 bits per heavy atom. The number of hydrogen-bond donors (Lipinski definition) is 0. The lowest BCUT2D eigenvalue weighted by molar-refractivity contribution is 1.31. The van der Waals surface area contributed by atoms with Gasteiger partial charge in [-0.1, -0.05) is 43.5 Å². The zero-order chi connectivity index (χ0) is 10.3. The molecule has 0 amide bonds. The molecule has 0 rings (SSSR count). The van der Waals surface area contributed by atoms with E-state index in [1.165, 1.54) is 16.7 Å². The molecular formula is C13H18. The number of allylic oxidation sites excluding steroid dienone is 8. The molecule has 0 fully saturated rings. The monoisotopic (exact) mass is 174 g/mol. The molecule has 0 N–H and O–H groups in total. The molecule has 0 radical (unpaired) electrons. The van der Waals surface area contributed by atoms with Crippen molar-refractivity contribution in [1.29, 1.82) is 0 Å². The molecule has 0 aromatic carbocycles. The van der Waals surface area contributed by atoms with E-state index in [4.69, 9.17) is 0 Å². The van der Waals surface area contributed by atoms with Crippen LogP contribution in [0.2, 0.25) is 0 Å². The summed E-state index contributed by atoms with van der Waals surface area (Å²) in [7, 11) is 0. The molecule has 0 aromatic heterocycles. The van der Waals surface area contributed by atoms with Gasteiger partial charge in [0.1, 0.15) is 0 Å². The summed E-state index contributed by atoms with van der Waals surface area (Å²) in [4.78, 5) is 0. The molecule has 0 nitrogen and oxygen atoms in total. The Kier molecular flexibility index (Phi) is 5.62. The summed E-state index contributed by atoms with van der Waals surface area (Å²) >= 11 is 0. The summed E-state index contributed by atoms with van der Waals surface area (Å²) in [6, 6.07) is 0. The Morgan fingerprint density at radius 3 is 1.85 bits per heavy atom. The highest BCUT2D eigenvalue weighted by atomic mass is 14.0. The van der Waals surface area contributed by atoms with Gasteiger partial charge < -0.3 is 0 Å². The van der Waals surface area contributed by atoms with Crippen LogP contribution in [0.3, 0.4) is 0 Å². The SMILES string of the molecule is C=C\C=C(C)/C(=C\C=C)C(/C)=C\C. The van der Waals surface area contributed by atoms with Crippen molar-refractivity contribution in [1.82, 2.24) is 0 Å². The van der Waals surface area contributed by atoms with Crippen LogP contribution in [-0.2, 0) is 0 Å². The first-order valence-electron chi connectivity index (χ1n) is 4.43. The van der Waals surface area contributed by atoms with Crippen molar-refractivity contribution < 1.29 is 0 Å². The molecule has 0 saturated carbocycles. The van der Waals surface area contributed by atoms with Crippen molar-refractivity contribution in [3.05, 3.63) is 60.3 Å². The molecule has 0 spiro atoms. The van der Waals surface area contributed by atoms with Gasteiger partial charge >= 0.3 is 0 Å². The maximum absolute atomic E-state index is 3.70. The Morgan fingerprint density at radius 1 is 0.923 bits per heavy atom. The molecule has 70 valence electrons. The first-order chi connectivity index (χ1) is 6.17. The highest BCUT2D eigenvalue weighted by molar-refractivity contribution is 5.47. The van der Waals surface area contributed by atoms with E-state index in [9.17, 15) is 0 Å². The van der Waals surface area contributed by atoms with Crippen molar-refractivity contribution in [3.63, 3.8) is 0 Å². The van der Waals surface area contributed by atoms with E-state index in [1.807, 2.05) is 25.2 Å².